The van der Waals surface area contributed by atoms with Gasteiger partial charge in [0, 0.05) is 37.6 Å². The highest BCUT2D eigenvalue weighted by Gasteiger charge is 2.77. The van der Waals surface area contributed by atoms with E-state index in [1.165, 1.54) is 0 Å². The van der Waals surface area contributed by atoms with Crippen LogP contribution in [0.4, 0.5) is 0 Å². The minimum atomic E-state index is -1.18. The van der Waals surface area contributed by atoms with Crippen LogP contribution in [-0.2, 0) is 28.6 Å². The van der Waals surface area contributed by atoms with Gasteiger partial charge in [-0.2, -0.15) is 0 Å². The van der Waals surface area contributed by atoms with Crippen LogP contribution in [0.5, 0.6) is 0 Å². The zero-order valence-corrected chi connectivity index (χ0v) is 24.3. The highest BCUT2D eigenvalue weighted by atomic mass is 79.9. The second kappa shape index (κ2) is 12.3. The van der Waals surface area contributed by atoms with E-state index in [4.69, 9.17) is 14.2 Å². The summed E-state index contributed by atoms with van der Waals surface area (Å²) in [4.78, 5) is 47.2. The molecule has 11 heteroatoms. The summed E-state index contributed by atoms with van der Waals surface area (Å²) in [6.45, 7) is 13.8. The maximum Gasteiger partial charge on any atom is 0.312 e. The van der Waals surface area contributed by atoms with Gasteiger partial charge in [-0.25, -0.2) is 0 Å². The van der Waals surface area contributed by atoms with E-state index in [-0.39, 0.29) is 35.8 Å². The van der Waals surface area contributed by atoms with Gasteiger partial charge in [-0.3, -0.25) is 19.3 Å². The van der Waals surface area contributed by atoms with Crippen molar-refractivity contribution in [2.45, 2.75) is 62.2 Å². The van der Waals surface area contributed by atoms with Crippen molar-refractivity contribution in [2.24, 2.45) is 17.8 Å². The van der Waals surface area contributed by atoms with Gasteiger partial charge in [-0.1, -0.05) is 42.3 Å². The first-order valence-corrected chi connectivity index (χ1v) is 14.8. The Labute approximate surface area is 233 Å². The fraction of sp³-hybridized carbons (Fsp3) is 0.815. The minimum Gasteiger partial charge on any atom is -0.466 e. The number of esters is 1. The molecule has 0 aromatic carbocycles. The zero-order chi connectivity index (χ0) is 27.6. The molecule has 8 atom stereocenters. The van der Waals surface area contributed by atoms with E-state index in [9.17, 15) is 19.5 Å². The number of carbonyl (C=O) groups is 3. The van der Waals surface area contributed by atoms with Gasteiger partial charge in [0.05, 0.1) is 50.4 Å². The number of ether oxygens (including phenoxy) is 3. The average molecular weight is 601 g/mol. The van der Waals surface area contributed by atoms with Crippen molar-refractivity contribution >= 4 is 33.7 Å². The second-order valence-electron chi connectivity index (χ2n) is 10.8. The standard InChI is InChI=1S/C27H42BrN3O7/c1-5-8-30(10-9-29-11-13-36-14-12-29)25(34)23-27-15-18(28)22(38-27)20(26(35)37-7-3)21(27)24(33)31(23)19(16-32)17(4)6-2/h5,17-23,32H,1,6-16H2,2-4H3/t17-,18?,19-,20+,21-,22+,23+,27-/m0/s1. The van der Waals surface area contributed by atoms with E-state index < -0.39 is 41.6 Å². The third-order valence-electron chi connectivity index (χ3n) is 8.82. The first-order chi connectivity index (χ1) is 18.2. The molecule has 2 amide bonds. The number of hydrogen-bond acceptors (Lipinski definition) is 8. The normalized spacial score (nSPS) is 34.2. The highest BCUT2D eigenvalue weighted by molar-refractivity contribution is 9.09. The molecule has 4 rings (SSSR count). The molecule has 0 aromatic rings. The van der Waals surface area contributed by atoms with E-state index in [0.717, 1.165) is 13.1 Å². The van der Waals surface area contributed by atoms with Gasteiger partial charge >= 0.3 is 5.97 Å². The molecule has 4 aliphatic rings. The van der Waals surface area contributed by atoms with Gasteiger partial charge in [0.15, 0.2) is 0 Å². The Hall–Kier alpha value is -1.53. The number of alkyl halides is 1. The van der Waals surface area contributed by atoms with Crippen LogP contribution in [0.25, 0.3) is 0 Å². The third-order valence-corrected chi connectivity index (χ3v) is 9.66. The van der Waals surface area contributed by atoms with Crippen LogP contribution in [0, 0.1) is 17.8 Å². The predicted molar refractivity (Wildman–Crippen MR) is 144 cm³/mol. The number of carbonyl (C=O) groups excluding carboxylic acids is 3. The number of likely N-dealkylation sites (tertiary alicyclic amines) is 1. The van der Waals surface area contributed by atoms with Gasteiger partial charge in [0.2, 0.25) is 11.8 Å². The van der Waals surface area contributed by atoms with E-state index in [1.807, 2.05) is 13.8 Å². The number of hydrogen-bond donors (Lipinski definition) is 1. The Morgan fingerprint density at radius 2 is 2.05 bits per heavy atom. The lowest BCUT2D eigenvalue weighted by Gasteiger charge is -2.41. The average Bonchev–Trinajstić information content (AvgIpc) is 3.51. The van der Waals surface area contributed by atoms with E-state index in [2.05, 4.69) is 27.4 Å². The molecule has 214 valence electrons. The molecule has 0 saturated carbocycles. The Morgan fingerprint density at radius 1 is 1.34 bits per heavy atom. The third kappa shape index (κ3) is 5.05. The SMILES string of the molecule is C=CCN(CCN1CCOCC1)C(=O)[C@H]1N([C@@H](CO)[C@@H](C)CC)C(=O)[C@@H]2[C@@H](C(=O)OCC)[C@@H]3O[C@@]21CC3Br. The van der Waals surface area contributed by atoms with Crippen molar-refractivity contribution in [3.05, 3.63) is 12.7 Å². The summed E-state index contributed by atoms with van der Waals surface area (Å²) in [5.41, 5.74) is -1.18. The van der Waals surface area contributed by atoms with Crippen molar-refractivity contribution in [3.63, 3.8) is 0 Å². The highest BCUT2D eigenvalue weighted by Crippen LogP contribution is 2.61. The molecule has 4 aliphatic heterocycles. The quantitative estimate of drug-likeness (QED) is 0.201. The number of rotatable bonds is 12. The lowest BCUT2D eigenvalue weighted by molar-refractivity contribution is -0.156. The monoisotopic (exact) mass is 599 g/mol. The summed E-state index contributed by atoms with van der Waals surface area (Å²) in [6.07, 6.45) is 2.26. The molecular formula is C27H42BrN3O7. The summed E-state index contributed by atoms with van der Waals surface area (Å²) < 4.78 is 17.4. The Balaban J connectivity index is 1.72. The molecule has 10 nitrogen and oxygen atoms in total. The van der Waals surface area contributed by atoms with Gasteiger partial charge in [0.1, 0.15) is 11.6 Å². The Bertz CT molecular complexity index is 900. The van der Waals surface area contributed by atoms with Crippen LogP contribution in [0.2, 0.25) is 0 Å². The molecule has 1 spiro atoms. The summed E-state index contributed by atoms with van der Waals surface area (Å²) >= 11 is 3.68. The largest absolute Gasteiger partial charge is 0.466 e. The lowest BCUT2D eigenvalue weighted by atomic mass is 9.70. The molecule has 0 radical (unpaired) electrons. The van der Waals surface area contributed by atoms with Crippen LogP contribution < -0.4 is 0 Å². The number of nitrogens with zero attached hydrogens (tertiary/aromatic N) is 3. The van der Waals surface area contributed by atoms with E-state index in [0.29, 0.717) is 45.7 Å². The van der Waals surface area contributed by atoms with Crippen molar-refractivity contribution < 1.29 is 33.7 Å². The van der Waals surface area contributed by atoms with Crippen LogP contribution in [-0.4, -0.2) is 125 Å². The number of aliphatic hydroxyl groups is 1. The number of fused-ring (bicyclic) bond motifs is 1. The van der Waals surface area contributed by atoms with Gasteiger partial charge < -0.3 is 29.1 Å². The Morgan fingerprint density at radius 3 is 2.66 bits per heavy atom. The van der Waals surface area contributed by atoms with Crippen molar-refractivity contribution in [3.8, 4) is 0 Å². The first kappa shape index (κ1) is 29.5. The maximum atomic E-state index is 14.5. The molecule has 0 aromatic heterocycles. The van der Waals surface area contributed by atoms with Crippen molar-refractivity contribution in [1.29, 1.82) is 0 Å². The van der Waals surface area contributed by atoms with Crippen LogP contribution >= 0.6 is 15.9 Å². The molecule has 1 N–H and O–H groups in total. The van der Waals surface area contributed by atoms with Gasteiger partial charge in [0.25, 0.3) is 0 Å². The van der Waals surface area contributed by atoms with E-state index in [1.54, 1.807) is 22.8 Å². The Kier molecular flexibility index (Phi) is 9.55. The summed E-state index contributed by atoms with van der Waals surface area (Å²) in [7, 11) is 0. The van der Waals surface area contributed by atoms with Crippen LogP contribution in [0.15, 0.2) is 12.7 Å². The molecular weight excluding hydrogens is 558 g/mol. The van der Waals surface area contributed by atoms with E-state index >= 15 is 0 Å². The second-order valence-corrected chi connectivity index (χ2v) is 12.0. The van der Waals surface area contributed by atoms with Crippen LogP contribution in [0.3, 0.4) is 0 Å². The topological polar surface area (TPSA) is 109 Å². The summed E-state index contributed by atoms with van der Waals surface area (Å²) in [5, 5.41) is 10.5. The van der Waals surface area contributed by atoms with Crippen molar-refractivity contribution in [1.82, 2.24) is 14.7 Å². The zero-order valence-electron chi connectivity index (χ0n) is 22.7. The van der Waals surface area contributed by atoms with Gasteiger partial charge in [-0.05, 0) is 19.3 Å². The number of halogens is 1. The molecule has 1 unspecified atom stereocenters. The molecule has 4 fully saturated rings. The lowest BCUT2D eigenvalue weighted by Crippen LogP contribution is -2.60. The summed E-state index contributed by atoms with van der Waals surface area (Å²) in [6, 6.07) is -1.54. The molecule has 2 bridgehead atoms. The van der Waals surface area contributed by atoms with Crippen LogP contribution in [0.1, 0.15) is 33.6 Å². The smallest absolute Gasteiger partial charge is 0.312 e. The van der Waals surface area contributed by atoms with Crippen molar-refractivity contribution in [2.75, 3.05) is 59.2 Å². The number of amides is 2. The number of morpholine rings is 1. The minimum absolute atomic E-state index is 0.0614. The molecule has 4 heterocycles. The van der Waals surface area contributed by atoms with Gasteiger partial charge in [-0.15, -0.1) is 6.58 Å². The molecule has 38 heavy (non-hydrogen) atoms. The summed E-state index contributed by atoms with van der Waals surface area (Å²) in [5.74, 6) is -2.73. The molecule has 0 aliphatic carbocycles. The predicted octanol–water partition coefficient (Wildman–Crippen LogP) is 1.05. The maximum absolute atomic E-state index is 14.5. The molecule has 4 saturated heterocycles. The fourth-order valence-electron chi connectivity index (χ4n) is 6.73. The first-order valence-electron chi connectivity index (χ1n) is 13.9. The number of aliphatic hydroxyl groups excluding tert-OH is 1. The fourth-order valence-corrected chi connectivity index (χ4v) is 7.68.